The second kappa shape index (κ2) is 7.70. The number of anilines is 1. The molecule has 2 aromatic heterocycles. The molecule has 3 rings (SSSR count). The summed E-state index contributed by atoms with van der Waals surface area (Å²) in [7, 11) is 3.82. The van der Waals surface area contributed by atoms with Crippen LogP contribution in [0.5, 0.6) is 0 Å². The molecule has 0 bridgehead atoms. The lowest BCUT2D eigenvalue weighted by Crippen LogP contribution is -2.12. The molecule has 0 spiro atoms. The van der Waals surface area contributed by atoms with Crippen LogP contribution in [0.2, 0.25) is 0 Å². The molecule has 3 aromatic rings. The minimum atomic E-state index is 0.371. The van der Waals surface area contributed by atoms with E-state index in [1.807, 2.05) is 38.1 Å². The van der Waals surface area contributed by atoms with Gasteiger partial charge in [0.15, 0.2) is 5.82 Å². The molecule has 136 valence electrons. The van der Waals surface area contributed by atoms with Crippen LogP contribution in [0, 0.1) is 18.3 Å². The highest BCUT2D eigenvalue weighted by Gasteiger charge is 2.18. The van der Waals surface area contributed by atoms with Crippen LogP contribution in [0.4, 0.5) is 5.82 Å². The van der Waals surface area contributed by atoms with Gasteiger partial charge in [-0.15, -0.1) is 12.6 Å². The Morgan fingerprint density at radius 3 is 2.48 bits per heavy atom. The topological polar surface area (TPSA) is 105 Å². The number of aryl methyl sites for hydroxylation is 1. The van der Waals surface area contributed by atoms with E-state index in [2.05, 4.69) is 38.6 Å². The number of hydrogen-bond acceptors (Lipinski definition) is 8. The van der Waals surface area contributed by atoms with Crippen molar-refractivity contribution in [1.82, 2.24) is 19.9 Å². The molecule has 0 fully saturated rings. The Morgan fingerprint density at radius 2 is 1.89 bits per heavy atom. The standard InChI is InChI=1S/C19H19N7S/c1-11-24-15(6-16(25-11)26(2)3)17-14(5-4-13(8-21)18(17)27)19-22-9-12(7-20)10-23-19/h4-6,9-10,27H,7,20H2,1-3H3. The molecule has 0 saturated heterocycles. The first-order valence-corrected chi connectivity index (χ1v) is 8.70. The summed E-state index contributed by atoms with van der Waals surface area (Å²) in [4.78, 5) is 20.3. The van der Waals surface area contributed by atoms with Crippen LogP contribution in [-0.4, -0.2) is 34.0 Å². The zero-order valence-corrected chi connectivity index (χ0v) is 16.2. The van der Waals surface area contributed by atoms with Crippen LogP contribution >= 0.6 is 12.6 Å². The van der Waals surface area contributed by atoms with Crippen LogP contribution in [0.15, 0.2) is 35.5 Å². The van der Waals surface area contributed by atoms with Crippen LogP contribution in [0.1, 0.15) is 17.0 Å². The number of rotatable bonds is 4. The van der Waals surface area contributed by atoms with Gasteiger partial charge in [0.05, 0.1) is 11.3 Å². The predicted octanol–water partition coefficient (Wildman–Crippen LogP) is 2.59. The van der Waals surface area contributed by atoms with Gasteiger partial charge in [0.2, 0.25) is 0 Å². The quantitative estimate of drug-likeness (QED) is 0.673. The summed E-state index contributed by atoms with van der Waals surface area (Å²) in [5.41, 5.74) is 9.03. The first kappa shape index (κ1) is 18.8. The largest absolute Gasteiger partial charge is 0.363 e. The molecule has 2 N–H and O–H groups in total. The normalized spacial score (nSPS) is 10.5. The molecule has 1 aromatic carbocycles. The van der Waals surface area contributed by atoms with Crippen molar-refractivity contribution >= 4 is 18.4 Å². The lowest BCUT2D eigenvalue weighted by atomic mass is 10.00. The van der Waals surface area contributed by atoms with Crippen LogP contribution < -0.4 is 10.6 Å². The molecule has 0 amide bonds. The minimum absolute atomic E-state index is 0.371. The average Bonchev–Trinajstić information content (AvgIpc) is 2.67. The summed E-state index contributed by atoms with van der Waals surface area (Å²) in [6, 6.07) is 7.56. The molecule has 2 heterocycles. The molecule has 0 radical (unpaired) electrons. The average molecular weight is 377 g/mol. The van der Waals surface area contributed by atoms with Crippen LogP contribution in [0.25, 0.3) is 22.6 Å². The van der Waals surface area contributed by atoms with Crippen molar-refractivity contribution in [2.24, 2.45) is 5.73 Å². The molecule has 27 heavy (non-hydrogen) atoms. The molecule has 8 heteroatoms. The fraction of sp³-hybridized carbons (Fsp3) is 0.211. The van der Waals surface area contributed by atoms with E-state index >= 15 is 0 Å². The number of thiol groups is 1. The van der Waals surface area contributed by atoms with Crippen molar-refractivity contribution in [3.8, 4) is 28.7 Å². The number of benzene rings is 1. The Kier molecular flexibility index (Phi) is 5.35. The number of aromatic nitrogens is 4. The van der Waals surface area contributed by atoms with E-state index in [9.17, 15) is 5.26 Å². The highest BCUT2D eigenvalue weighted by molar-refractivity contribution is 7.80. The fourth-order valence-electron chi connectivity index (χ4n) is 2.64. The molecular formula is C19H19N7S. The summed E-state index contributed by atoms with van der Waals surface area (Å²) in [6.45, 7) is 2.20. The van der Waals surface area contributed by atoms with Gasteiger partial charge in [-0.3, -0.25) is 0 Å². The van der Waals surface area contributed by atoms with Crippen molar-refractivity contribution in [1.29, 1.82) is 5.26 Å². The monoisotopic (exact) mass is 377 g/mol. The van der Waals surface area contributed by atoms with E-state index in [1.54, 1.807) is 18.5 Å². The number of nitrogens with two attached hydrogens (primary N) is 1. The first-order chi connectivity index (χ1) is 12.9. The van der Waals surface area contributed by atoms with Gasteiger partial charge in [0, 0.05) is 60.7 Å². The Balaban J connectivity index is 2.28. The Bertz CT molecular complexity index is 1020. The van der Waals surface area contributed by atoms with Crippen molar-refractivity contribution in [2.75, 3.05) is 19.0 Å². The van der Waals surface area contributed by atoms with Crippen LogP contribution in [-0.2, 0) is 6.54 Å². The van der Waals surface area contributed by atoms with Crippen molar-refractivity contribution in [3.05, 3.63) is 47.5 Å². The third-order valence-electron chi connectivity index (χ3n) is 4.02. The zero-order chi connectivity index (χ0) is 19.6. The smallest absolute Gasteiger partial charge is 0.159 e. The number of hydrogen-bond donors (Lipinski definition) is 2. The molecule has 0 saturated carbocycles. The minimum Gasteiger partial charge on any atom is -0.363 e. The van der Waals surface area contributed by atoms with Crippen molar-refractivity contribution < 1.29 is 0 Å². The summed E-state index contributed by atoms with van der Waals surface area (Å²) in [5.74, 6) is 1.90. The van der Waals surface area contributed by atoms with E-state index in [0.717, 1.165) is 16.9 Å². The molecular weight excluding hydrogens is 358 g/mol. The van der Waals surface area contributed by atoms with Crippen molar-refractivity contribution in [2.45, 2.75) is 18.4 Å². The molecule has 7 nitrogen and oxygen atoms in total. The van der Waals surface area contributed by atoms with Gasteiger partial charge in [0.1, 0.15) is 17.7 Å². The highest BCUT2D eigenvalue weighted by atomic mass is 32.1. The van der Waals surface area contributed by atoms with E-state index in [1.165, 1.54) is 0 Å². The molecule has 0 aliphatic rings. The summed E-state index contributed by atoms with van der Waals surface area (Å²) in [6.07, 6.45) is 3.39. The Labute approximate surface area is 163 Å². The summed E-state index contributed by atoms with van der Waals surface area (Å²) >= 11 is 4.61. The maximum atomic E-state index is 9.43. The van der Waals surface area contributed by atoms with E-state index in [-0.39, 0.29) is 0 Å². The van der Waals surface area contributed by atoms with Gasteiger partial charge in [0.25, 0.3) is 0 Å². The SMILES string of the molecule is Cc1nc(-c2c(-c3ncc(CN)cn3)ccc(C#N)c2S)cc(N(C)C)n1. The lowest BCUT2D eigenvalue weighted by Gasteiger charge is -2.16. The van der Waals surface area contributed by atoms with Gasteiger partial charge in [-0.2, -0.15) is 5.26 Å². The van der Waals surface area contributed by atoms with E-state index in [4.69, 9.17) is 5.73 Å². The maximum absolute atomic E-state index is 9.43. The zero-order valence-electron chi connectivity index (χ0n) is 15.3. The Morgan fingerprint density at radius 1 is 1.19 bits per heavy atom. The summed E-state index contributed by atoms with van der Waals surface area (Å²) < 4.78 is 0. The first-order valence-electron chi connectivity index (χ1n) is 8.25. The molecule has 0 unspecified atom stereocenters. The van der Waals surface area contributed by atoms with Crippen LogP contribution in [0.3, 0.4) is 0 Å². The summed E-state index contributed by atoms with van der Waals surface area (Å²) in [5, 5.41) is 9.43. The second-order valence-electron chi connectivity index (χ2n) is 6.17. The van der Waals surface area contributed by atoms with Gasteiger partial charge in [-0.05, 0) is 19.1 Å². The number of nitriles is 1. The Hall–Kier alpha value is -3.02. The van der Waals surface area contributed by atoms with E-state index < -0.39 is 0 Å². The van der Waals surface area contributed by atoms with Gasteiger partial charge in [-0.25, -0.2) is 19.9 Å². The molecule has 0 aliphatic carbocycles. The third-order valence-corrected chi connectivity index (χ3v) is 4.48. The van der Waals surface area contributed by atoms with Gasteiger partial charge >= 0.3 is 0 Å². The maximum Gasteiger partial charge on any atom is 0.159 e. The van der Waals surface area contributed by atoms with E-state index in [0.29, 0.717) is 39.9 Å². The fourth-order valence-corrected chi connectivity index (χ4v) is 2.99. The number of nitrogens with zero attached hydrogens (tertiary/aromatic N) is 6. The second-order valence-corrected chi connectivity index (χ2v) is 6.62. The van der Waals surface area contributed by atoms with Crippen molar-refractivity contribution in [3.63, 3.8) is 0 Å². The highest BCUT2D eigenvalue weighted by Crippen LogP contribution is 2.37. The third kappa shape index (κ3) is 3.74. The molecule has 0 atom stereocenters. The van der Waals surface area contributed by atoms with Gasteiger partial charge in [-0.1, -0.05) is 0 Å². The predicted molar refractivity (Wildman–Crippen MR) is 107 cm³/mol. The molecule has 0 aliphatic heterocycles. The van der Waals surface area contributed by atoms with Gasteiger partial charge < -0.3 is 10.6 Å². The lowest BCUT2D eigenvalue weighted by molar-refractivity contribution is 0.989.